The largest absolute Gasteiger partial charge is 0.443 e. The van der Waals surface area contributed by atoms with Crippen molar-refractivity contribution in [2.24, 2.45) is 0 Å². The molecule has 0 aliphatic carbocycles. The van der Waals surface area contributed by atoms with Crippen molar-refractivity contribution in [1.29, 1.82) is 0 Å². The second kappa shape index (κ2) is 7.24. The van der Waals surface area contributed by atoms with E-state index in [0.717, 1.165) is 35.1 Å². The van der Waals surface area contributed by atoms with Crippen molar-refractivity contribution in [3.63, 3.8) is 0 Å². The summed E-state index contributed by atoms with van der Waals surface area (Å²) in [5.74, 6) is 0. The molecule has 0 spiro atoms. The number of hydrogen-bond acceptors (Lipinski definition) is 3. The van der Waals surface area contributed by atoms with E-state index in [1.165, 1.54) is 0 Å². The van der Waals surface area contributed by atoms with E-state index in [9.17, 15) is 5.02 Å². The summed E-state index contributed by atoms with van der Waals surface area (Å²) in [6.07, 6.45) is 0. The van der Waals surface area contributed by atoms with Crippen LogP contribution in [-0.2, 0) is 13.1 Å². The summed E-state index contributed by atoms with van der Waals surface area (Å²) >= 11 is 0. The van der Waals surface area contributed by atoms with Gasteiger partial charge in [0, 0.05) is 13.1 Å². The van der Waals surface area contributed by atoms with E-state index in [4.69, 9.17) is 0 Å². The van der Waals surface area contributed by atoms with E-state index in [1.54, 1.807) is 0 Å². The third-order valence-electron chi connectivity index (χ3n) is 3.43. The lowest BCUT2D eigenvalue weighted by atomic mass is 9.53. The average molecular weight is 268 g/mol. The van der Waals surface area contributed by atoms with Crippen molar-refractivity contribution in [1.82, 2.24) is 10.6 Å². The van der Waals surface area contributed by atoms with Crippen molar-refractivity contribution in [2.75, 3.05) is 14.1 Å². The van der Waals surface area contributed by atoms with E-state index in [-0.39, 0.29) is 0 Å². The Morgan fingerprint density at radius 3 is 1.60 bits per heavy atom. The van der Waals surface area contributed by atoms with E-state index in [1.807, 2.05) is 50.5 Å². The van der Waals surface area contributed by atoms with Gasteiger partial charge in [0.05, 0.1) is 0 Å². The van der Waals surface area contributed by atoms with Crippen LogP contribution >= 0.6 is 0 Å². The quantitative estimate of drug-likeness (QED) is 0.657. The first kappa shape index (κ1) is 14.8. The van der Waals surface area contributed by atoms with Crippen molar-refractivity contribution in [3.05, 3.63) is 59.7 Å². The predicted octanol–water partition coefficient (Wildman–Crippen LogP) is 0.223. The Kier molecular flexibility index (Phi) is 5.36. The number of benzene rings is 2. The van der Waals surface area contributed by atoms with Crippen LogP contribution in [0.4, 0.5) is 0 Å². The molecular weight excluding hydrogens is 247 g/mol. The molecule has 0 bridgehead atoms. The minimum Gasteiger partial charge on any atom is -0.443 e. The van der Waals surface area contributed by atoms with Gasteiger partial charge in [-0.1, -0.05) is 48.5 Å². The fourth-order valence-electron chi connectivity index (χ4n) is 2.47. The van der Waals surface area contributed by atoms with Crippen LogP contribution in [0.15, 0.2) is 48.5 Å². The molecule has 0 radical (unpaired) electrons. The predicted molar refractivity (Wildman–Crippen MR) is 85.7 cm³/mol. The van der Waals surface area contributed by atoms with Gasteiger partial charge in [-0.3, -0.25) is 0 Å². The second-order valence-electron chi connectivity index (χ2n) is 4.86. The lowest BCUT2D eigenvalue weighted by molar-refractivity contribution is 0.598. The average Bonchev–Trinajstić information content (AvgIpc) is 2.48. The Balaban J connectivity index is 2.38. The molecule has 2 aromatic rings. The molecular formula is C16H21BN2O. The highest BCUT2D eigenvalue weighted by molar-refractivity contribution is 6.79. The number of hydrogen-bond donors (Lipinski definition) is 3. The monoisotopic (exact) mass is 268 g/mol. The first-order valence-corrected chi connectivity index (χ1v) is 6.90. The van der Waals surface area contributed by atoms with Gasteiger partial charge < -0.3 is 15.7 Å². The second-order valence-corrected chi connectivity index (χ2v) is 4.86. The van der Waals surface area contributed by atoms with Gasteiger partial charge in [-0.25, -0.2) is 0 Å². The molecule has 4 heteroatoms. The van der Waals surface area contributed by atoms with Crippen molar-refractivity contribution in [2.45, 2.75) is 13.1 Å². The van der Waals surface area contributed by atoms with E-state index in [2.05, 4.69) is 22.8 Å². The normalized spacial score (nSPS) is 10.6. The molecule has 0 fully saturated rings. The van der Waals surface area contributed by atoms with Crippen LogP contribution in [0.2, 0.25) is 0 Å². The molecule has 0 aromatic heterocycles. The van der Waals surface area contributed by atoms with Gasteiger partial charge in [-0.05, 0) is 36.1 Å². The van der Waals surface area contributed by atoms with Crippen LogP contribution in [-0.4, -0.2) is 26.0 Å². The molecule has 0 aliphatic heterocycles. The molecule has 2 rings (SSSR count). The summed E-state index contributed by atoms with van der Waals surface area (Å²) in [6, 6.07) is 16.0. The van der Waals surface area contributed by atoms with Gasteiger partial charge in [0.1, 0.15) is 0 Å². The smallest absolute Gasteiger partial charge is 0.359 e. The van der Waals surface area contributed by atoms with Crippen LogP contribution in [0.5, 0.6) is 0 Å². The Bertz CT molecular complexity index is 510. The van der Waals surface area contributed by atoms with Crippen LogP contribution in [0.1, 0.15) is 11.1 Å². The summed E-state index contributed by atoms with van der Waals surface area (Å²) < 4.78 is 0. The maximum atomic E-state index is 10.8. The maximum absolute atomic E-state index is 10.8. The zero-order valence-electron chi connectivity index (χ0n) is 12.1. The fraction of sp³-hybridized carbons (Fsp3) is 0.250. The Labute approximate surface area is 121 Å². The van der Waals surface area contributed by atoms with E-state index >= 15 is 0 Å². The van der Waals surface area contributed by atoms with Crippen LogP contribution in [0.25, 0.3) is 0 Å². The molecule has 0 saturated heterocycles. The SMILES string of the molecule is CNCc1ccccc1B(O)c1ccccc1CNC. The first-order valence-electron chi connectivity index (χ1n) is 6.90. The fourth-order valence-corrected chi connectivity index (χ4v) is 2.47. The molecule has 2 aromatic carbocycles. The highest BCUT2D eigenvalue weighted by atomic mass is 16.2. The molecule has 0 heterocycles. The third kappa shape index (κ3) is 3.28. The van der Waals surface area contributed by atoms with Gasteiger partial charge in [-0.2, -0.15) is 0 Å². The highest BCUT2D eigenvalue weighted by Gasteiger charge is 2.22. The van der Waals surface area contributed by atoms with Crippen molar-refractivity contribution < 1.29 is 5.02 Å². The lowest BCUT2D eigenvalue weighted by Crippen LogP contribution is -2.46. The van der Waals surface area contributed by atoms with Crippen LogP contribution < -0.4 is 21.6 Å². The van der Waals surface area contributed by atoms with Gasteiger partial charge in [0.2, 0.25) is 0 Å². The van der Waals surface area contributed by atoms with Gasteiger partial charge in [0.15, 0.2) is 0 Å². The van der Waals surface area contributed by atoms with Gasteiger partial charge >= 0.3 is 6.92 Å². The summed E-state index contributed by atoms with van der Waals surface area (Å²) in [6.45, 7) is 0.909. The molecule has 20 heavy (non-hydrogen) atoms. The Morgan fingerprint density at radius 2 is 1.20 bits per heavy atom. The van der Waals surface area contributed by atoms with Crippen molar-refractivity contribution in [3.8, 4) is 0 Å². The molecule has 0 aliphatic rings. The lowest BCUT2D eigenvalue weighted by Gasteiger charge is -2.16. The Morgan fingerprint density at radius 1 is 0.800 bits per heavy atom. The molecule has 0 atom stereocenters. The minimum absolute atomic E-state index is 0.593. The zero-order valence-corrected chi connectivity index (χ0v) is 12.1. The molecule has 0 amide bonds. The minimum atomic E-state index is -0.593. The molecule has 0 saturated carbocycles. The highest BCUT2D eigenvalue weighted by Crippen LogP contribution is 2.02. The first-order chi connectivity index (χ1) is 9.77. The van der Waals surface area contributed by atoms with Crippen LogP contribution in [0, 0.1) is 0 Å². The van der Waals surface area contributed by atoms with E-state index in [0.29, 0.717) is 0 Å². The van der Waals surface area contributed by atoms with Gasteiger partial charge in [0.25, 0.3) is 0 Å². The van der Waals surface area contributed by atoms with Crippen molar-refractivity contribution >= 4 is 17.8 Å². The standard InChI is InChI=1S/C16H21BN2O/c1-18-11-13-7-3-5-9-15(13)17(20)16-10-6-4-8-14(16)12-19-2/h3-10,18-20H,11-12H2,1-2H3. The summed E-state index contributed by atoms with van der Waals surface area (Å²) in [7, 11) is 3.83. The number of nitrogens with one attached hydrogen (secondary N) is 2. The van der Waals surface area contributed by atoms with E-state index < -0.39 is 6.92 Å². The number of rotatable bonds is 6. The maximum Gasteiger partial charge on any atom is 0.359 e. The molecule has 0 unspecified atom stereocenters. The summed E-state index contributed by atoms with van der Waals surface area (Å²) in [5, 5.41) is 17.0. The molecule has 3 N–H and O–H groups in total. The summed E-state index contributed by atoms with van der Waals surface area (Å²) in [5.41, 5.74) is 4.18. The third-order valence-corrected chi connectivity index (χ3v) is 3.43. The van der Waals surface area contributed by atoms with Gasteiger partial charge in [-0.15, -0.1) is 0 Å². The molecule has 104 valence electrons. The summed E-state index contributed by atoms with van der Waals surface area (Å²) in [4.78, 5) is 0. The topological polar surface area (TPSA) is 44.3 Å². The molecule has 3 nitrogen and oxygen atoms in total. The Hall–Kier alpha value is -1.62. The van der Waals surface area contributed by atoms with Crippen LogP contribution in [0.3, 0.4) is 0 Å². The zero-order chi connectivity index (χ0) is 14.4.